The van der Waals surface area contributed by atoms with Gasteiger partial charge in [-0.1, -0.05) is 43.2 Å². The zero-order valence-corrected chi connectivity index (χ0v) is 21.9. The summed E-state index contributed by atoms with van der Waals surface area (Å²) in [6, 6.07) is 12.4. The molecule has 0 aliphatic carbocycles. The minimum atomic E-state index is -0.178. The third-order valence-corrected chi connectivity index (χ3v) is 7.12. The first kappa shape index (κ1) is 24.5. The van der Waals surface area contributed by atoms with Crippen LogP contribution in [0.25, 0.3) is 0 Å². The molecule has 1 atom stereocenters. The molecule has 1 unspecified atom stereocenters. The van der Waals surface area contributed by atoms with E-state index in [2.05, 4.69) is 63.1 Å². The van der Waals surface area contributed by atoms with E-state index in [1.165, 1.54) is 11.1 Å². The second-order valence-corrected chi connectivity index (χ2v) is 10.7. The molecule has 0 saturated heterocycles. The topological polar surface area (TPSA) is 72.3 Å². The molecule has 1 N–H and O–H groups in total. The average molecular weight is 488 g/mol. The lowest BCUT2D eigenvalue weighted by Gasteiger charge is -2.22. The molecule has 1 aromatic heterocycles. The first-order valence-electron chi connectivity index (χ1n) is 13.1. The summed E-state index contributed by atoms with van der Waals surface area (Å²) in [5.74, 6) is 3.26. The maximum Gasteiger partial charge on any atom is 0.251 e. The minimum Gasteiger partial charge on any atom is -0.493 e. The Balaban J connectivity index is 1.31. The molecule has 2 aromatic carbocycles. The third kappa shape index (κ3) is 5.46. The lowest BCUT2D eigenvalue weighted by molar-refractivity contribution is 0.0928. The van der Waals surface area contributed by atoms with Gasteiger partial charge in [-0.15, -0.1) is 10.2 Å². The van der Waals surface area contributed by atoms with Crippen molar-refractivity contribution >= 4 is 5.91 Å². The van der Waals surface area contributed by atoms with E-state index in [1.807, 2.05) is 26.0 Å². The fraction of sp³-hybridized carbons (Fsp3) is 0.483. The number of nitrogens with zero attached hydrogens (tertiary/aromatic N) is 4. The van der Waals surface area contributed by atoms with Gasteiger partial charge in [-0.2, -0.15) is 0 Å². The van der Waals surface area contributed by atoms with Crippen molar-refractivity contribution in [3.63, 3.8) is 0 Å². The number of aryl methyl sites for hydroxylation is 2. The van der Waals surface area contributed by atoms with Gasteiger partial charge in [0.2, 0.25) is 0 Å². The van der Waals surface area contributed by atoms with Gasteiger partial charge in [0.15, 0.2) is 5.82 Å². The first-order chi connectivity index (χ1) is 17.4. The molecule has 7 heteroatoms. The van der Waals surface area contributed by atoms with Crippen LogP contribution in [0.4, 0.5) is 0 Å². The predicted octanol–water partition coefficient (Wildman–Crippen LogP) is 4.41. The van der Waals surface area contributed by atoms with Gasteiger partial charge in [0.05, 0.1) is 12.6 Å². The molecule has 0 spiro atoms. The van der Waals surface area contributed by atoms with Crippen LogP contribution in [0.15, 0.2) is 36.4 Å². The summed E-state index contributed by atoms with van der Waals surface area (Å²) in [5, 5.41) is 12.4. The molecule has 0 radical (unpaired) electrons. The Hall–Kier alpha value is -3.19. The van der Waals surface area contributed by atoms with E-state index in [9.17, 15) is 4.79 Å². The van der Waals surface area contributed by atoms with Crippen LogP contribution < -0.4 is 10.1 Å². The molecule has 3 aromatic rings. The van der Waals surface area contributed by atoms with Gasteiger partial charge in [-0.3, -0.25) is 9.69 Å². The molecule has 2 aliphatic rings. The lowest BCUT2D eigenvalue weighted by atomic mass is 10.0. The molecule has 5 rings (SSSR count). The van der Waals surface area contributed by atoms with Crippen molar-refractivity contribution in [1.82, 2.24) is 25.0 Å². The van der Waals surface area contributed by atoms with Gasteiger partial charge in [0.1, 0.15) is 11.6 Å². The number of aromatic nitrogens is 3. The number of hydrogen-bond acceptors (Lipinski definition) is 5. The van der Waals surface area contributed by atoms with E-state index in [0.717, 1.165) is 80.6 Å². The highest BCUT2D eigenvalue weighted by Crippen LogP contribution is 2.27. The molecule has 190 valence electrons. The van der Waals surface area contributed by atoms with Crippen molar-refractivity contribution in [3.05, 3.63) is 75.9 Å². The zero-order chi connectivity index (χ0) is 25.2. The van der Waals surface area contributed by atoms with Gasteiger partial charge in [-0.05, 0) is 55.5 Å². The minimum absolute atomic E-state index is 0.0550. The van der Waals surface area contributed by atoms with Crippen LogP contribution in [-0.4, -0.2) is 45.3 Å². The van der Waals surface area contributed by atoms with Crippen LogP contribution in [-0.2, 0) is 25.9 Å². The number of hydrogen-bond donors (Lipinski definition) is 1. The molecular weight excluding hydrogens is 450 g/mol. The van der Waals surface area contributed by atoms with Gasteiger partial charge >= 0.3 is 0 Å². The third-order valence-electron chi connectivity index (χ3n) is 7.12. The second-order valence-electron chi connectivity index (χ2n) is 10.7. The number of amides is 1. The van der Waals surface area contributed by atoms with Crippen LogP contribution >= 0.6 is 0 Å². The predicted molar refractivity (Wildman–Crippen MR) is 140 cm³/mol. The zero-order valence-electron chi connectivity index (χ0n) is 21.9. The summed E-state index contributed by atoms with van der Waals surface area (Å²) in [6.45, 7) is 12.8. The highest BCUT2D eigenvalue weighted by molar-refractivity contribution is 5.94. The molecule has 1 amide bonds. The Bertz CT molecular complexity index is 1230. The highest BCUT2D eigenvalue weighted by Gasteiger charge is 2.27. The molecule has 0 bridgehead atoms. The fourth-order valence-electron chi connectivity index (χ4n) is 5.45. The summed E-state index contributed by atoms with van der Waals surface area (Å²) in [5.41, 5.74) is 5.52. The molecule has 2 aliphatic heterocycles. The Morgan fingerprint density at radius 2 is 1.83 bits per heavy atom. The highest BCUT2D eigenvalue weighted by atomic mass is 16.5. The lowest BCUT2D eigenvalue weighted by Crippen LogP contribution is -2.32. The quantitative estimate of drug-likeness (QED) is 0.535. The van der Waals surface area contributed by atoms with Gasteiger partial charge in [-0.25, -0.2) is 0 Å². The maximum atomic E-state index is 13.2. The molecule has 7 nitrogen and oxygen atoms in total. The Kier molecular flexibility index (Phi) is 7.10. The molecule has 0 saturated carbocycles. The number of benzene rings is 2. The molecule has 36 heavy (non-hydrogen) atoms. The number of carbonyl (C=O) groups excluding carboxylic acids is 1. The van der Waals surface area contributed by atoms with E-state index in [1.54, 1.807) is 0 Å². The van der Waals surface area contributed by atoms with Gasteiger partial charge in [0.25, 0.3) is 5.91 Å². The summed E-state index contributed by atoms with van der Waals surface area (Å²) < 4.78 is 7.90. The smallest absolute Gasteiger partial charge is 0.251 e. The standard InChI is InChI=1S/C29H37N5O2/c1-19(2)13-25(30-29(35)24-15-20(3)14-21(4)16-24)28-32-31-27-7-9-33(10-11-34(27)28)18-22-5-6-26-23(17-22)8-12-36-26/h5-6,14-17,19,25H,7-13,18H2,1-4H3,(H,30,35). The summed E-state index contributed by atoms with van der Waals surface area (Å²) in [6.07, 6.45) is 2.66. The Labute approximate surface area is 213 Å². The van der Waals surface area contributed by atoms with Crippen molar-refractivity contribution in [2.24, 2.45) is 5.92 Å². The monoisotopic (exact) mass is 487 g/mol. The van der Waals surface area contributed by atoms with Crippen LogP contribution in [0.2, 0.25) is 0 Å². The van der Waals surface area contributed by atoms with Gasteiger partial charge < -0.3 is 14.6 Å². The van der Waals surface area contributed by atoms with E-state index >= 15 is 0 Å². The van der Waals surface area contributed by atoms with Crippen molar-refractivity contribution < 1.29 is 9.53 Å². The summed E-state index contributed by atoms with van der Waals surface area (Å²) >= 11 is 0. The maximum absolute atomic E-state index is 13.2. The van der Waals surface area contributed by atoms with Crippen LogP contribution in [0.1, 0.15) is 70.6 Å². The van der Waals surface area contributed by atoms with Crippen molar-refractivity contribution in [2.75, 3.05) is 19.7 Å². The Morgan fingerprint density at radius 3 is 2.61 bits per heavy atom. The number of nitrogens with one attached hydrogen (secondary N) is 1. The average Bonchev–Trinajstić information content (AvgIpc) is 3.41. The van der Waals surface area contributed by atoms with Crippen molar-refractivity contribution in [3.8, 4) is 5.75 Å². The molecular formula is C29H37N5O2. The van der Waals surface area contributed by atoms with Crippen molar-refractivity contribution in [2.45, 2.75) is 66.1 Å². The number of ether oxygens (including phenoxy) is 1. The summed E-state index contributed by atoms with van der Waals surface area (Å²) in [7, 11) is 0. The SMILES string of the molecule is Cc1cc(C)cc(C(=O)NC(CC(C)C)c2nnc3n2CCN(Cc2ccc4c(c2)CCO4)CC3)c1. The Morgan fingerprint density at radius 1 is 1.03 bits per heavy atom. The second kappa shape index (κ2) is 10.4. The number of fused-ring (bicyclic) bond motifs is 2. The van der Waals surface area contributed by atoms with Crippen molar-refractivity contribution in [1.29, 1.82) is 0 Å². The van der Waals surface area contributed by atoms with Crippen LogP contribution in [0.3, 0.4) is 0 Å². The molecule has 3 heterocycles. The van der Waals surface area contributed by atoms with E-state index < -0.39 is 0 Å². The normalized spacial score (nSPS) is 16.2. The van der Waals surface area contributed by atoms with E-state index in [4.69, 9.17) is 4.74 Å². The van der Waals surface area contributed by atoms with Crippen LogP contribution in [0.5, 0.6) is 5.75 Å². The van der Waals surface area contributed by atoms with Gasteiger partial charge in [0, 0.05) is 44.6 Å². The van der Waals surface area contributed by atoms with E-state index in [-0.39, 0.29) is 11.9 Å². The largest absolute Gasteiger partial charge is 0.493 e. The van der Waals surface area contributed by atoms with Crippen LogP contribution in [0, 0.1) is 19.8 Å². The number of rotatable bonds is 7. The first-order valence-corrected chi connectivity index (χ1v) is 13.1. The van der Waals surface area contributed by atoms with E-state index in [0.29, 0.717) is 11.5 Å². The number of carbonyl (C=O) groups is 1. The molecule has 0 fully saturated rings. The fourth-order valence-corrected chi connectivity index (χ4v) is 5.45. The summed E-state index contributed by atoms with van der Waals surface area (Å²) in [4.78, 5) is 15.7.